The van der Waals surface area contributed by atoms with Gasteiger partial charge in [-0.3, -0.25) is 10.1 Å². The average Bonchev–Trinajstić information content (AvgIpc) is 3.14. The lowest BCUT2D eigenvalue weighted by Gasteiger charge is -2.39. The van der Waals surface area contributed by atoms with Gasteiger partial charge in [-0.2, -0.15) is 5.26 Å². The highest BCUT2D eigenvalue weighted by molar-refractivity contribution is 6.31. The number of nitriles is 1. The number of nitrogens with one attached hydrogen (secondary N) is 1. The van der Waals surface area contributed by atoms with Gasteiger partial charge in [0.05, 0.1) is 11.1 Å². The van der Waals surface area contributed by atoms with E-state index in [1.807, 2.05) is 0 Å². The van der Waals surface area contributed by atoms with Gasteiger partial charge in [0.15, 0.2) is 0 Å². The van der Waals surface area contributed by atoms with Crippen molar-refractivity contribution in [1.82, 2.24) is 5.32 Å². The fraction of sp³-hybridized carbons (Fsp3) is 0.517. The number of halogens is 4. The van der Waals surface area contributed by atoms with Gasteiger partial charge in [0.2, 0.25) is 0 Å². The lowest BCUT2D eigenvalue weighted by atomic mass is 9.62. The molecule has 3 rings (SSSR count). The van der Waals surface area contributed by atoms with Crippen LogP contribution in [0.4, 0.5) is 8.78 Å². The number of carbonyl (C=O) groups is 1. The Bertz CT molecular complexity index is 1200. The lowest BCUT2D eigenvalue weighted by Crippen LogP contribution is -2.45. The van der Waals surface area contributed by atoms with Crippen LogP contribution in [0.15, 0.2) is 36.4 Å². The molecule has 0 spiro atoms. The molecule has 1 aliphatic heterocycles. The molecule has 0 saturated carbocycles. The first-order valence-electron chi connectivity index (χ1n) is 12.5. The number of rotatable bonds is 7. The van der Waals surface area contributed by atoms with Crippen molar-refractivity contribution in [2.45, 2.75) is 89.8 Å². The van der Waals surface area contributed by atoms with Crippen LogP contribution in [-0.2, 0) is 14.9 Å². The lowest BCUT2D eigenvalue weighted by molar-refractivity contribution is -0.157. The highest BCUT2D eigenvalue weighted by atomic mass is 35.5. The molecule has 8 heteroatoms. The van der Waals surface area contributed by atoms with E-state index >= 15 is 8.78 Å². The molecule has 4 atom stereocenters. The van der Waals surface area contributed by atoms with E-state index in [2.05, 4.69) is 32.2 Å². The van der Waals surface area contributed by atoms with E-state index < -0.39 is 46.6 Å². The van der Waals surface area contributed by atoms with Crippen molar-refractivity contribution >= 4 is 29.2 Å². The zero-order valence-corrected chi connectivity index (χ0v) is 23.6. The van der Waals surface area contributed by atoms with Gasteiger partial charge in [0, 0.05) is 22.5 Å². The maximum atomic E-state index is 15.7. The molecule has 1 N–H and O–H groups in total. The van der Waals surface area contributed by atoms with Gasteiger partial charge in [-0.25, -0.2) is 8.78 Å². The zero-order chi connectivity index (χ0) is 27.8. The van der Waals surface area contributed by atoms with E-state index in [1.165, 1.54) is 24.3 Å². The van der Waals surface area contributed by atoms with Crippen molar-refractivity contribution in [3.8, 4) is 6.07 Å². The zero-order valence-electron chi connectivity index (χ0n) is 22.1. The molecule has 0 unspecified atom stereocenters. The van der Waals surface area contributed by atoms with Crippen LogP contribution in [-0.4, -0.2) is 23.7 Å². The Labute approximate surface area is 228 Å². The highest BCUT2D eigenvalue weighted by Crippen LogP contribution is 2.53. The molecule has 4 nitrogen and oxygen atoms in total. The van der Waals surface area contributed by atoms with Crippen molar-refractivity contribution in [3.05, 3.63) is 69.2 Å². The van der Waals surface area contributed by atoms with Gasteiger partial charge >= 0.3 is 5.97 Å². The third-order valence-corrected chi connectivity index (χ3v) is 8.22. The summed E-state index contributed by atoms with van der Waals surface area (Å²) in [6.45, 7) is 11.4. The van der Waals surface area contributed by atoms with Crippen LogP contribution in [0.3, 0.4) is 0 Å². The summed E-state index contributed by atoms with van der Waals surface area (Å²) < 4.78 is 37.0. The van der Waals surface area contributed by atoms with E-state index in [-0.39, 0.29) is 26.6 Å². The molecule has 1 aliphatic rings. The Morgan fingerprint density at radius 3 is 2.32 bits per heavy atom. The number of hydrogen-bond donors (Lipinski definition) is 1. The van der Waals surface area contributed by atoms with Crippen molar-refractivity contribution in [1.29, 1.82) is 5.26 Å². The molecule has 37 heavy (non-hydrogen) atoms. The summed E-state index contributed by atoms with van der Waals surface area (Å²) in [4.78, 5) is 13.6. The summed E-state index contributed by atoms with van der Waals surface area (Å²) in [6.07, 6.45) is 2.02. The highest BCUT2D eigenvalue weighted by Gasteiger charge is 2.62. The summed E-state index contributed by atoms with van der Waals surface area (Å²) in [6, 6.07) is 9.05. The quantitative estimate of drug-likeness (QED) is 0.358. The van der Waals surface area contributed by atoms with E-state index in [9.17, 15) is 10.1 Å². The minimum Gasteiger partial charge on any atom is -0.459 e. The first-order chi connectivity index (χ1) is 17.2. The van der Waals surface area contributed by atoms with E-state index in [0.29, 0.717) is 6.42 Å². The second-order valence-corrected chi connectivity index (χ2v) is 12.0. The minimum absolute atomic E-state index is 0.0434. The van der Waals surface area contributed by atoms with E-state index in [0.717, 1.165) is 18.9 Å². The molecule has 1 fully saturated rings. The summed E-state index contributed by atoms with van der Waals surface area (Å²) in [5.74, 6) is -3.24. The molecule has 0 radical (unpaired) electrons. The summed E-state index contributed by atoms with van der Waals surface area (Å²) in [5.41, 5.74) is -2.65. The Hall–Kier alpha value is -2.20. The van der Waals surface area contributed by atoms with Crippen LogP contribution in [0, 0.1) is 28.4 Å². The molecular formula is C29H34Cl2F2N2O2. The maximum absolute atomic E-state index is 15.7. The largest absolute Gasteiger partial charge is 0.459 e. The summed E-state index contributed by atoms with van der Waals surface area (Å²) in [5, 5.41) is 14.2. The maximum Gasteiger partial charge on any atom is 0.324 e. The molecule has 0 bridgehead atoms. The summed E-state index contributed by atoms with van der Waals surface area (Å²) in [7, 11) is 0. The number of esters is 1. The van der Waals surface area contributed by atoms with Gasteiger partial charge in [-0.05, 0) is 56.4 Å². The fourth-order valence-electron chi connectivity index (χ4n) is 5.32. The van der Waals surface area contributed by atoms with Crippen LogP contribution in [0.1, 0.15) is 77.8 Å². The Morgan fingerprint density at radius 1 is 1.14 bits per heavy atom. The monoisotopic (exact) mass is 550 g/mol. The fourth-order valence-corrected chi connectivity index (χ4v) is 5.66. The standard InChI is InChI=1S/C29H34Cl2F2N2O2/c1-7-28(6,8-2)15-22-29(16-34,19-13-12-17(30)14-21(19)32)23(18-10-9-11-20(31)24(18)33)25(35-22)26(36)37-27(3,4)5/h9-14,22-23,25,35H,7-8,15H2,1-6H3/t22-,23-,25+,29-/m0/s1. The molecule has 2 aromatic rings. The third-order valence-electron chi connectivity index (χ3n) is 7.70. The SMILES string of the molecule is CCC(C)(CC)C[C@@H]1N[C@@H](C(=O)OC(C)(C)C)[C@H](c2cccc(Cl)c2F)[C@@]1(C#N)c1ccc(Cl)cc1F. The second kappa shape index (κ2) is 10.9. The predicted octanol–water partition coefficient (Wildman–Crippen LogP) is 7.72. The molecule has 2 aromatic carbocycles. The van der Waals surface area contributed by atoms with Gasteiger partial charge in [0.25, 0.3) is 0 Å². The van der Waals surface area contributed by atoms with Crippen LogP contribution in [0.2, 0.25) is 10.0 Å². The number of benzene rings is 2. The van der Waals surface area contributed by atoms with Crippen LogP contribution in [0.5, 0.6) is 0 Å². The number of hydrogen-bond acceptors (Lipinski definition) is 4. The smallest absolute Gasteiger partial charge is 0.324 e. The van der Waals surface area contributed by atoms with Gasteiger partial charge in [-0.15, -0.1) is 0 Å². The van der Waals surface area contributed by atoms with Gasteiger partial charge < -0.3 is 4.74 Å². The van der Waals surface area contributed by atoms with Gasteiger partial charge in [-0.1, -0.05) is 75.0 Å². The van der Waals surface area contributed by atoms with Crippen molar-refractivity contribution in [3.63, 3.8) is 0 Å². The van der Waals surface area contributed by atoms with Crippen LogP contribution in [0.25, 0.3) is 0 Å². The molecule has 1 heterocycles. The Balaban J connectivity index is 2.38. The molecule has 0 aliphatic carbocycles. The van der Waals surface area contributed by atoms with Crippen molar-refractivity contribution < 1.29 is 18.3 Å². The minimum atomic E-state index is -1.67. The average molecular weight is 552 g/mol. The second-order valence-electron chi connectivity index (χ2n) is 11.2. The third kappa shape index (κ3) is 5.65. The topological polar surface area (TPSA) is 62.1 Å². The number of ether oxygens (including phenoxy) is 1. The van der Waals surface area contributed by atoms with E-state index in [4.69, 9.17) is 27.9 Å². The van der Waals surface area contributed by atoms with Gasteiger partial charge in [0.1, 0.15) is 28.7 Å². The van der Waals surface area contributed by atoms with E-state index in [1.54, 1.807) is 26.8 Å². The molecule has 200 valence electrons. The first-order valence-corrected chi connectivity index (χ1v) is 13.3. The summed E-state index contributed by atoms with van der Waals surface area (Å²) >= 11 is 12.2. The normalized spacial score (nSPS) is 24.1. The molecule has 1 saturated heterocycles. The number of nitrogens with zero attached hydrogens (tertiary/aromatic N) is 1. The van der Waals surface area contributed by atoms with Crippen LogP contribution >= 0.6 is 23.2 Å². The number of carbonyl (C=O) groups excluding carboxylic acids is 1. The molecule has 0 aromatic heterocycles. The van der Waals surface area contributed by atoms with Crippen LogP contribution < -0.4 is 5.32 Å². The Kier molecular flexibility index (Phi) is 8.64. The molecule has 0 amide bonds. The molecular weight excluding hydrogens is 517 g/mol. The first kappa shape index (κ1) is 29.4. The van der Waals surface area contributed by atoms with Crippen molar-refractivity contribution in [2.75, 3.05) is 0 Å². The predicted molar refractivity (Wildman–Crippen MR) is 143 cm³/mol. The van der Waals surface area contributed by atoms with Crippen molar-refractivity contribution in [2.24, 2.45) is 5.41 Å². The Morgan fingerprint density at radius 2 is 1.78 bits per heavy atom.